The normalized spacial score (nSPS) is 12.2. The van der Waals surface area contributed by atoms with E-state index in [1.54, 1.807) is 12.1 Å². The van der Waals surface area contributed by atoms with E-state index in [1.165, 1.54) is 0 Å². The fourth-order valence-electron chi connectivity index (χ4n) is 2.37. The molecule has 0 radical (unpaired) electrons. The Hall–Kier alpha value is -2.82. The van der Waals surface area contributed by atoms with Crippen LogP contribution in [0.3, 0.4) is 0 Å². The largest absolute Gasteiger partial charge is 0.444 e. The molecule has 2 amide bonds. The molecule has 0 aliphatic heterocycles. The van der Waals surface area contributed by atoms with Crippen molar-refractivity contribution in [1.29, 1.82) is 0 Å². The van der Waals surface area contributed by atoms with Crippen LogP contribution in [0, 0.1) is 0 Å². The number of rotatable bonds is 5. The van der Waals surface area contributed by atoms with Crippen LogP contribution in [0.1, 0.15) is 55.2 Å². The highest BCUT2D eigenvalue weighted by molar-refractivity contribution is 5.94. The highest BCUT2D eigenvalue weighted by Gasteiger charge is 2.16. The standard InChI is InChI=1S/C21H26N2O3/c1-15(17-8-6-5-7-9-17)23-19(24)18-12-10-16(11-13-18)14-22-20(25)26-21(2,3)4/h5-13,15H,14H2,1-4H3,(H,22,25)(H,23,24)/t15-/m0/s1. The number of hydrogen-bond donors (Lipinski definition) is 2. The molecule has 0 heterocycles. The summed E-state index contributed by atoms with van der Waals surface area (Å²) in [5.74, 6) is -0.131. The van der Waals surface area contributed by atoms with Crippen LogP contribution < -0.4 is 10.6 Å². The van der Waals surface area contributed by atoms with E-state index in [2.05, 4.69) is 10.6 Å². The number of alkyl carbamates (subject to hydrolysis) is 1. The molecule has 2 rings (SSSR count). The molecule has 26 heavy (non-hydrogen) atoms. The summed E-state index contributed by atoms with van der Waals surface area (Å²) in [4.78, 5) is 24.0. The average molecular weight is 354 g/mol. The van der Waals surface area contributed by atoms with Crippen LogP contribution in [0.2, 0.25) is 0 Å². The van der Waals surface area contributed by atoms with Crippen LogP contribution >= 0.6 is 0 Å². The van der Waals surface area contributed by atoms with Gasteiger partial charge in [0.05, 0.1) is 6.04 Å². The third kappa shape index (κ3) is 6.24. The minimum atomic E-state index is -0.526. The second-order valence-electron chi connectivity index (χ2n) is 7.16. The van der Waals surface area contributed by atoms with Gasteiger partial charge in [-0.2, -0.15) is 0 Å². The first-order valence-electron chi connectivity index (χ1n) is 8.66. The lowest BCUT2D eigenvalue weighted by Crippen LogP contribution is -2.32. The molecule has 2 N–H and O–H groups in total. The Bertz CT molecular complexity index is 734. The van der Waals surface area contributed by atoms with Crippen LogP contribution in [0.25, 0.3) is 0 Å². The molecule has 0 aliphatic rings. The summed E-state index contributed by atoms with van der Waals surface area (Å²) in [6.45, 7) is 7.74. The molecular formula is C21H26N2O3. The molecule has 0 spiro atoms. The number of benzene rings is 2. The van der Waals surface area contributed by atoms with E-state index in [-0.39, 0.29) is 11.9 Å². The van der Waals surface area contributed by atoms with E-state index < -0.39 is 11.7 Å². The smallest absolute Gasteiger partial charge is 0.407 e. The highest BCUT2D eigenvalue weighted by atomic mass is 16.6. The number of carbonyl (C=O) groups is 2. The topological polar surface area (TPSA) is 67.4 Å². The van der Waals surface area contributed by atoms with E-state index in [1.807, 2.05) is 70.2 Å². The van der Waals surface area contributed by atoms with Crippen molar-refractivity contribution >= 4 is 12.0 Å². The average Bonchev–Trinajstić information content (AvgIpc) is 2.59. The van der Waals surface area contributed by atoms with Crippen molar-refractivity contribution in [2.75, 3.05) is 0 Å². The van der Waals surface area contributed by atoms with Gasteiger partial charge < -0.3 is 15.4 Å². The van der Waals surface area contributed by atoms with Crippen LogP contribution in [-0.2, 0) is 11.3 Å². The number of hydrogen-bond acceptors (Lipinski definition) is 3. The Morgan fingerprint density at radius 3 is 2.19 bits per heavy atom. The predicted molar refractivity (Wildman–Crippen MR) is 102 cm³/mol. The van der Waals surface area contributed by atoms with E-state index in [0.29, 0.717) is 12.1 Å². The Morgan fingerprint density at radius 1 is 1.00 bits per heavy atom. The molecule has 1 atom stereocenters. The van der Waals surface area contributed by atoms with E-state index in [4.69, 9.17) is 4.74 Å². The van der Waals surface area contributed by atoms with Gasteiger partial charge in [-0.15, -0.1) is 0 Å². The molecule has 138 valence electrons. The van der Waals surface area contributed by atoms with Gasteiger partial charge in [-0.25, -0.2) is 4.79 Å². The summed E-state index contributed by atoms with van der Waals surface area (Å²) >= 11 is 0. The van der Waals surface area contributed by atoms with Crippen LogP contribution in [0.15, 0.2) is 54.6 Å². The Balaban J connectivity index is 1.88. The zero-order valence-electron chi connectivity index (χ0n) is 15.7. The maximum Gasteiger partial charge on any atom is 0.407 e. The Morgan fingerprint density at radius 2 is 1.62 bits per heavy atom. The van der Waals surface area contributed by atoms with Crippen LogP contribution in [0.4, 0.5) is 4.79 Å². The third-order valence-electron chi connectivity index (χ3n) is 3.70. The number of amides is 2. The molecule has 0 unspecified atom stereocenters. The predicted octanol–water partition coefficient (Wildman–Crippen LogP) is 4.20. The molecule has 2 aromatic rings. The van der Waals surface area contributed by atoms with Crippen molar-refractivity contribution in [3.05, 3.63) is 71.3 Å². The van der Waals surface area contributed by atoms with Gasteiger partial charge >= 0.3 is 6.09 Å². The molecule has 0 saturated heterocycles. The summed E-state index contributed by atoms with van der Waals surface area (Å²) in [5, 5.41) is 5.68. The second-order valence-corrected chi connectivity index (χ2v) is 7.16. The molecule has 0 aromatic heterocycles. The first-order chi connectivity index (χ1) is 12.2. The van der Waals surface area contributed by atoms with E-state index >= 15 is 0 Å². The van der Waals surface area contributed by atoms with Crippen LogP contribution in [0.5, 0.6) is 0 Å². The van der Waals surface area contributed by atoms with Crippen molar-refractivity contribution < 1.29 is 14.3 Å². The third-order valence-corrected chi connectivity index (χ3v) is 3.70. The Kier molecular flexibility index (Phi) is 6.39. The van der Waals surface area contributed by atoms with E-state index in [0.717, 1.165) is 11.1 Å². The molecule has 2 aromatic carbocycles. The first-order valence-corrected chi connectivity index (χ1v) is 8.66. The SMILES string of the molecule is C[C@H](NC(=O)c1ccc(CNC(=O)OC(C)(C)C)cc1)c1ccccc1. The summed E-state index contributed by atoms with van der Waals surface area (Å²) in [6, 6.07) is 16.9. The lowest BCUT2D eigenvalue weighted by Gasteiger charge is -2.19. The monoisotopic (exact) mass is 354 g/mol. The number of ether oxygens (including phenoxy) is 1. The summed E-state index contributed by atoms with van der Waals surface area (Å²) in [5.41, 5.74) is 2.00. The lowest BCUT2D eigenvalue weighted by molar-refractivity contribution is 0.0523. The van der Waals surface area contributed by atoms with Crippen molar-refractivity contribution in [1.82, 2.24) is 10.6 Å². The minimum absolute atomic E-state index is 0.0720. The number of carbonyl (C=O) groups excluding carboxylic acids is 2. The van der Waals surface area contributed by atoms with E-state index in [9.17, 15) is 9.59 Å². The quantitative estimate of drug-likeness (QED) is 0.845. The van der Waals surface area contributed by atoms with Gasteiger partial charge in [0.2, 0.25) is 0 Å². The molecule has 5 nitrogen and oxygen atoms in total. The lowest BCUT2D eigenvalue weighted by atomic mass is 10.1. The van der Waals surface area contributed by atoms with Gasteiger partial charge in [-0.05, 0) is 51.0 Å². The Labute approximate surface area is 154 Å². The molecular weight excluding hydrogens is 328 g/mol. The molecule has 0 bridgehead atoms. The van der Waals surface area contributed by atoms with Crippen molar-refractivity contribution in [3.8, 4) is 0 Å². The van der Waals surface area contributed by atoms with Gasteiger partial charge in [-0.1, -0.05) is 42.5 Å². The van der Waals surface area contributed by atoms with Crippen molar-refractivity contribution in [3.63, 3.8) is 0 Å². The van der Waals surface area contributed by atoms with Gasteiger partial charge in [0, 0.05) is 12.1 Å². The molecule has 0 fully saturated rings. The van der Waals surface area contributed by atoms with Gasteiger partial charge in [0.1, 0.15) is 5.60 Å². The zero-order chi connectivity index (χ0) is 19.2. The van der Waals surface area contributed by atoms with Crippen LogP contribution in [-0.4, -0.2) is 17.6 Å². The number of nitrogens with one attached hydrogen (secondary N) is 2. The van der Waals surface area contributed by atoms with Gasteiger partial charge in [-0.3, -0.25) is 4.79 Å². The summed E-state index contributed by atoms with van der Waals surface area (Å²) in [7, 11) is 0. The van der Waals surface area contributed by atoms with Crippen molar-refractivity contribution in [2.45, 2.75) is 45.9 Å². The molecule has 5 heteroatoms. The first kappa shape index (κ1) is 19.5. The summed E-state index contributed by atoms with van der Waals surface area (Å²) in [6.07, 6.45) is -0.462. The zero-order valence-corrected chi connectivity index (χ0v) is 15.7. The highest BCUT2D eigenvalue weighted by Crippen LogP contribution is 2.13. The molecule has 0 saturated carbocycles. The second kappa shape index (κ2) is 8.52. The van der Waals surface area contributed by atoms with Gasteiger partial charge in [0.15, 0.2) is 0 Å². The maximum absolute atomic E-state index is 12.4. The van der Waals surface area contributed by atoms with Gasteiger partial charge in [0.25, 0.3) is 5.91 Å². The fourth-order valence-corrected chi connectivity index (χ4v) is 2.37. The molecule has 0 aliphatic carbocycles. The fraction of sp³-hybridized carbons (Fsp3) is 0.333. The van der Waals surface area contributed by atoms with Crippen molar-refractivity contribution in [2.24, 2.45) is 0 Å². The maximum atomic E-state index is 12.4. The summed E-state index contributed by atoms with van der Waals surface area (Å²) < 4.78 is 5.19. The minimum Gasteiger partial charge on any atom is -0.444 e.